The van der Waals surface area contributed by atoms with Crippen molar-refractivity contribution in [2.75, 3.05) is 0 Å². The van der Waals surface area contributed by atoms with E-state index >= 15 is 0 Å². The van der Waals surface area contributed by atoms with Crippen LogP contribution in [-0.4, -0.2) is 15.9 Å². The first kappa shape index (κ1) is 8.64. The van der Waals surface area contributed by atoms with E-state index in [-0.39, 0.29) is 5.97 Å². The number of rotatable bonds is 3. The van der Waals surface area contributed by atoms with Crippen molar-refractivity contribution in [3.05, 3.63) is 18.7 Å². The molecule has 0 spiro atoms. The van der Waals surface area contributed by atoms with Gasteiger partial charge in [0.05, 0.1) is 12.4 Å². The van der Waals surface area contributed by atoms with Crippen LogP contribution in [0.15, 0.2) is 18.7 Å². The minimum absolute atomic E-state index is 0.243. The van der Waals surface area contributed by atoms with Gasteiger partial charge in [0.25, 0.3) is 0 Å². The van der Waals surface area contributed by atoms with E-state index in [9.17, 15) is 4.79 Å². The Morgan fingerprint density at radius 3 is 2.75 bits per heavy atom. The molecule has 0 radical (unpaired) electrons. The van der Waals surface area contributed by atoms with Crippen LogP contribution >= 0.6 is 0 Å². The monoisotopic (exact) mass is 166 g/mol. The minimum Gasteiger partial charge on any atom is -0.423 e. The minimum atomic E-state index is -0.243. The van der Waals surface area contributed by atoms with E-state index in [0.717, 1.165) is 6.42 Å². The molecule has 0 aliphatic heterocycles. The predicted molar refractivity (Wildman–Crippen MR) is 42.6 cm³/mol. The largest absolute Gasteiger partial charge is 0.423 e. The van der Waals surface area contributed by atoms with E-state index in [2.05, 4.69) is 9.97 Å². The Bertz CT molecular complexity index is 248. The van der Waals surface area contributed by atoms with Crippen LogP contribution in [0.2, 0.25) is 0 Å². The topological polar surface area (TPSA) is 52.1 Å². The summed E-state index contributed by atoms with van der Waals surface area (Å²) in [7, 11) is 0. The van der Waals surface area contributed by atoms with Gasteiger partial charge in [0, 0.05) is 6.42 Å². The molecule has 1 rings (SSSR count). The molecule has 4 heteroatoms. The molecular weight excluding hydrogens is 156 g/mol. The molecule has 0 aliphatic carbocycles. The molecule has 64 valence electrons. The number of ether oxygens (including phenoxy) is 1. The van der Waals surface area contributed by atoms with Crippen LogP contribution in [0.3, 0.4) is 0 Å². The van der Waals surface area contributed by atoms with Crippen molar-refractivity contribution in [1.82, 2.24) is 9.97 Å². The van der Waals surface area contributed by atoms with Crippen LogP contribution in [0.4, 0.5) is 0 Å². The van der Waals surface area contributed by atoms with Crippen molar-refractivity contribution in [2.24, 2.45) is 0 Å². The van der Waals surface area contributed by atoms with Gasteiger partial charge in [-0.3, -0.25) is 4.79 Å². The van der Waals surface area contributed by atoms with Gasteiger partial charge < -0.3 is 4.74 Å². The van der Waals surface area contributed by atoms with Crippen LogP contribution < -0.4 is 4.74 Å². The van der Waals surface area contributed by atoms with Gasteiger partial charge in [0.15, 0.2) is 5.75 Å². The maximum absolute atomic E-state index is 10.9. The van der Waals surface area contributed by atoms with Crippen LogP contribution in [0, 0.1) is 0 Å². The summed E-state index contributed by atoms with van der Waals surface area (Å²) >= 11 is 0. The van der Waals surface area contributed by atoms with E-state index in [1.54, 1.807) is 0 Å². The van der Waals surface area contributed by atoms with Crippen LogP contribution in [-0.2, 0) is 4.79 Å². The highest BCUT2D eigenvalue weighted by atomic mass is 16.5. The molecule has 0 bridgehead atoms. The first-order valence-corrected chi connectivity index (χ1v) is 3.78. The molecule has 0 aromatic carbocycles. The molecule has 0 N–H and O–H groups in total. The smallest absolute Gasteiger partial charge is 0.311 e. The zero-order valence-electron chi connectivity index (χ0n) is 6.86. The summed E-state index contributed by atoms with van der Waals surface area (Å²) in [4.78, 5) is 18.4. The molecule has 0 saturated carbocycles. The van der Waals surface area contributed by atoms with Crippen molar-refractivity contribution in [3.63, 3.8) is 0 Å². The molecule has 12 heavy (non-hydrogen) atoms. The first-order chi connectivity index (χ1) is 5.83. The van der Waals surface area contributed by atoms with E-state index in [4.69, 9.17) is 4.74 Å². The quantitative estimate of drug-likeness (QED) is 0.633. The number of hydrogen-bond acceptors (Lipinski definition) is 4. The van der Waals surface area contributed by atoms with Gasteiger partial charge in [-0.05, 0) is 6.42 Å². The lowest BCUT2D eigenvalue weighted by atomic mass is 10.3. The number of nitrogens with zero attached hydrogens (tertiary/aromatic N) is 2. The van der Waals surface area contributed by atoms with Gasteiger partial charge in [-0.15, -0.1) is 0 Å². The Balaban J connectivity index is 2.47. The summed E-state index contributed by atoms with van der Waals surface area (Å²) in [6, 6.07) is 0. The predicted octanol–water partition coefficient (Wildman–Crippen LogP) is 1.18. The third-order valence-corrected chi connectivity index (χ3v) is 1.22. The van der Waals surface area contributed by atoms with Crippen LogP contribution in [0.1, 0.15) is 19.8 Å². The summed E-state index contributed by atoms with van der Waals surface area (Å²) in [5.74, 6) is 0.156. The van der Waals surface area contributed by atoms with Crippen LogP contribution in [0.25, 0.3) is 0 Å². The summed E-state index contributed by atoms with van der Waals surface area (Å²) in [6.07, 6.45) is 5.51. The van der Waals surface area contributed by atoms with E-state index in [1.807, 2.05) is 6.92 Å². The summed E-state index contributed by atoms with van der Waals surface area (Å²) in [5.41, 5.74) is 0. The molecule has 4 nitrogen and oxygen atoms in total. The Labute approximate surface area is 70.6 Å². The Kier molecular flexibility index (Phi) is 3.19. The number of hydrogen-bond donors (Lipinski definition) is 0. The number of esters is 1. The average molecular weight is 166 g/mol. The molecule has 0 amide bonds. The first-order valence-electron chi connectivity index (χ1n) is 3.78. The third-order valence-electron chi connectivity index (χ3n) is 1.22. The summed E-state index contributed by atoms with van der Waals surface area (Å²) in [5, 5.41) is 0. The van der Waals surface area contributed by atoms with Gasteiger partial charge in [-0.25, -0.2) is 9.97 Å². The second-order valence-corrected chi connectivity index (χ2v) is 2.30. The third kappa shape index (κ3) is 2.65. The van der Waals surface area contributed by atoms with E-state index < -0.39 is 0 Å². The zero-order valence-corrected chi connectivity index (χ0v) is 6.86. The average Bonchev–Trinajstić information content (AvgIpc) is 2.06. The molecule has 0 aliphatic rings. The second-order valence-electron chi connectivity index (χ2n) is 2.30. The molecule has 0 unspecified atom stereocenters. The molecule has 0 fully saturated rings. The van der Waals surface area contributed by atoms with Crippen molar-refractivity contribution in [1.29, 1.82) is 0 Å². The van der Waals surface area contributed by atoms with Crippen molar-refractivity contribution < 1.29 is 9.53 Å². The van der Waals surface area contributed by atoms with E-state index in [0.29, 0.717) is 12.2 Å². The lowest BCUT2D eigenvalue weighted by Gasteiger charge is -2.00. The fourth-order valence-electron chi connectivity index (χ4n) is 0.725. The number of carbonyl (C=O) groups excluding carboxylic acids is 1. The van der Waals surface area contributed by atoms with E-state index in [1.165, 1.54) is 18.7 Å². The molecule has 0 atom stereocenters. The summed E-state index contributed by atoms with van der Waals surface area (Å²) in [6.45, 7) is 1.92. The zero-order chi connectivity index (χ0) is 8.81. The van der Waals surface area contributed by atoms with Gasteiger partial charge >= 0.3 is 5.97 Å². The van der Waals surface area contributed by atoms with Gasteiger partial charge in [0.1, 0.15) is 6.33 Å². The number of carbonyl (C=O) groups is 1. The SMILES string of the molecule is CCCC(=O)Oc1cncnc1. The van der Waals surface area contributed by atoms with Crippen molar-refractivity contribution in [3.8, 4) is 5.75 Å². The Morgan fingerprint density at radius 2 is 2.17 bits per heavy atom. The maximum atomic E-state index is 10.9. The van der Waals surface area contributed by atoms with Crippen molar-refractivity contribution in [2.45, 2.75) is 19.8 Å². The van der Waals surface area contributed by atoms with Crippen LogP contribution in [0.5, 0.6) is 5.75 Å². The molecule has 1 heterocycles. The van der Waals surface area contributed by atoms with Gasteiger partial charge in [0.2, 0.25) is 0 Å². The molecule has 0 saturated heterocycles. The molecule has 1 aromatic rings. The second kappa shape index (κ2) is 4.43. The Hall–Kier alpha value is -1.45. The summed E-state index contributed by atoms with van der Waals surface area (Å²) < 4.78 is 4.89. The molecule has 1 aromatic heterocycles. The lowest BCUT2D eigenvalue weighted by Crippen LogP contribution is -2.07. The highest BCUT2D eigenvalue weighted by Gasteiger charge is 2.01. The maximum Gasteiger partial charge on any atom is 0.311 e. The van der Waals surface area contributed by atoms with Gasteiger partial charge in [-0.1, -0.05) is 6.92 Å². The standard InChI is InChI=1S/C8H10N2O2/c1-2-3-8(11)12-7-4-9-6-10-5-7/h4-6H,2-3H2,1H3. The highest BCUT2D eigenvalue weighted by Crippen LogP contribution is 2.05. The molecular formula is C8H10N2O2. The highest BCUT2D eigenvalue weighted by molar-refractivity contribution is 5.71. The fourth-order valence-corrected chi connectivity index (χ4v) is 0.725. The fraction of sp³-hybridized carbons (Fsp3) is 0.375. The lowest BCUT2D eigenvalue weighted by molar-refractivity contribution is -0.134. The normalized spacial score (nSPS) is 9.42. The van der Waals surface area contributed by atoms with Crippen molar-refractivity contribution >= 4 is 5.97 Å². The van der Waals surface area contributed by atoms with Gasteiger partial charge in [-0.2, -0.15) is 0 Å². The number of aromatic nitrogens is 2. The Morgan fingerprint density at radius 1 is 1.50 bits per heavy atom.